The second-order valence-electron chi connectivity index (χ2n) is 5.03. The maximum atomic E-state index is 13.4. The van der Waals surface area contributed by atoms with E-state index in [9.17, 15) is 13.2 Å². The molecule has 0 unspecified atom stereocenters. The van der Waals surface area contributed by atoms with Gasteiger partial charge in [0.25, 0.3) is 0 Å². The van der Waals surface area contributed by atoms with Crippen molar-refractivity contribution in [2.75, 3.05) is 12.4 Å². The molecule has 0 bridgehead atoms. The van der Waals surface area contributed by atoms with Gasteiger partial charge in [-0.25, -0.2) is 4.98 Å². The van der Waals surface area contributed by atoms with Crippen molar-refractivity contribution in [2.45, 2.75) is 6.18 Å². The highest BCUT2D eigenvalue weighted by Gasteiger charge is 2.38. The van der Waals surface area contributed by atoms with Crippen LogP contribution in [-0.2, 0) is 6.18 Å². The lowest BCUT2D eigenvalue weighted by Gasteiger charge is -2.08. The van der Waals surface area contributed by atoms with Crippen LogP contribution in [0.25, 0.3) is 10.4 Å². The Hall–Kier alpha value is -2.25. The normalized spacial score (nSPS) is 11.4. The number of rotatable bonds is 4. The Balaban J connectivity index is 2.03. The third-order valence-corrected chi connectivity index (χ3v) is 4.62. The predicted molar refractivity (Wildman–Crippen MR) is 93.8 cm³/mol. The van der Waals surface area contributed by atoms with Crippen molar-refractivity contribution in [2.24, 2.45) is 0 Å². The molecule has 0 amide bonds. The fraction of sp³-hybridized carbons (Fsp3) is 0.118. The SMILES string of the molecule is COc1ccccc1Nc1nc(C(F)(F)F)c(-c2ccc(Cl)cc2)s1. The first-order chi connectivity index (χ1) is 11.9. The van der Waals surface area contributed by atoms with Crippen molar-refractivity contribution in [1.82, 2.24) is 4.98 Å². The first kappa shape index (κ1) is 17.6. The number of benzene rings is 2. The fourth-order valence-corrected chi connectivity index (χ4v) is 3.35. The minimum Gasteiger partial charge on any atom is -0.495 e. The van der Waals surface area contributed by atoms with Crippen molar-refractivity contribution in [3.63, 3.8) is 0 Å². The molecule has 3 nitrogen and oxygen atoms in total. The Bertz CT molecular complexity index is 878. The van der Waals surface area contributed by atoms with E-state index in [-0.39, 0.29) is 10.0 Å². The Kier molecular flexibility index (Phi) is 4.87. The highest BCUT2D eigenvalue weighted by atomic mass is 35.5. The van der Waals surface area contributed by atoms with Gasteiger partial charge in [0, 0.05) is 5.02 Å². The van der Waals surface area contributed by atoms with Gasteiger partial charge in [0.2, 0.25) is 0 Å². The van der Waals surface area contributed by atoms with Crippen LogP contribution < -0.4 is 10.1 Å². The van der Waals surface area contributed by atoms with Gasteiger partial charge in [-0.15, -0.1) is 0 Å². The van der Waals surface area contributed by atoms with Crippen molar-refractivity contribution < 1.29 is 17.9 Å². The number of ether oxygens (including phenoxy) is 1. The van der Waals surface area contributed by atoms with Crippen LogP contribution in [0.4, 0.5) is 24.0 Å². The summed E-state index contributed by atoms with van der Waals surface area (Å²) in [4.78, 5) is 3.77. The lowest BCUT2D eigenvalue weighted by Crippen LogP contribution is -2.07. The number of nitrogens with one attached hydrogen (secondary N) is 1. The molecule has 1 heterocycles. The van der Waals surface area contributed by atoms with Gasteiger partial charge in [-0.3, -0.25) is 0 Å². The molecule has 3 rings (SSSR count). The zero-order valence-electron chi connectivity index (χ0n) is 12.9. The van der Waals surface area contributed by atoms with Crippen LogP contribution in [0.1, 0.15) is 5.69 Å². The second kappa shape index (κ2) is 6.93. The lowest BCUT2D eigenvalue weighted by atomic mass is 10.1. The summed E-state index contributed by atoms with van der Waals surface area (Å²) < 4.78 is 45.3. The van der Waals surface area contributed by atoms with E-state index in [1.54, 1.807) is 36.4 Å². The van der Waals surface area contributed by atoms with Gasteiger partial charge in [0.15, 0.2) is 10.8 Å². The van der Waals surface area contributed by atoms with E-state index in [0.717, 1.165) is 11.3 Å². The van der Waals surface area contributed by atoms with Gasteiger partial charge in [0.1, 0.15) is 5.75 Å². The average Bonchev–Trinajstić information content (AvgIpc) is 3.00. The Morgan fingerprint density at radius 1 is 1.08 bits per heavy atom. The van der Waals surface area contributed by atoms with Gasteiger partial charge in [-0.1, -0.05) is 47.2 Å². The predicted octanol–water partition coefficient (Wildman–Crippen LogP) is 6.23. The summed E-state index contributed by atoms with van der Waals surface area (Å²) in [6.07, 6.45) is -4.56. The summed E-state index contributed by atoms with van der Waals surface area (Å²) >= 11 is 6.73. The largest absolute Gasteiger partial charge is 0.495 e. The molecule has 1 aromatic heterocycles. The van der Waals surface area contributed by atoms with Gasteiger partial charge >= 0.3 is 6.18 Å². The number of methoxy groups -OCH3 is 1. The van der Waals surface area contributed by atoms with E-state index in [2.05, 4.69) is 10.3 Å². The number of halogens is 4. The molecule has 0 aliphatic carbocycles. The second-order valence-corrected chi connectivity index (χ2v) is 6.46. The number of alkyl halides is 3. The van der Waals surface area contributed by atoms with Crippen molar-refractivity contribution >= 4 is 33.8 Å². The summed E-state index contributed by atoms with van der Waals surface area (Å²) in [6.45, 7) is 0. The van der Waals surface area contributed by atoms with E-state index >= 15 is 0 Å². The number of para-hydroxylation sites is 2. The molecule has 0 saturated carbocycles. The molecule has 0 spiro atoms. The summed E-state index contributed by atoms with van der Waals surface area (Å²) in [5.41, 5.74) is 0.00894. The average molecular weight is 385 g/mol. The standard InChI is InChI=1S/C17H12ClF3N2OS/c1-24-13-5-3-2-4-12(13)22-16-23-15(17(19,20)21)14(25-16)10-6-8-11(18)9-7-10/h2-9H,1H3,(H,22,23). The third kappa shape index (κ3) is 3.88. The van der Waals surface area contributed by atoms with E-state index in [1.165, 1.54) is 19.2 Å². The molecule has 8 heteroatoms. The van der Waals surface area contributed by atoms with Gasteiger partial charge in [-0.05, 0) is 29.8 Å². The first-order valence-electron chi connectivity index (χ1n) is 7.12. The minimum absolute atomic E-state index is 0.0292. The number of aromatic nitrogens is 1. The van der Waals surface area contributed by atoms with E-state index in [4.69, 9.17) is 16.3 Å². The molecule has 0 fully saturated rings. The smallest absolute Gasteiger partial charge is 0.434 e. The number of thiazole rings is 1. The highest BCUT2D eigenvalue weighted by molar-refractivity contribution is 7.19. The quantitative estimate of drug-likeness (QED) is 0.578. The van der Waals surface area contributed by atoms with E-state index in [0.29, 0.717) is 22.0 Å². The molecule has 0 aliphatic heterocycles. The molecule has 2 aromatic carbocycles. The number of anilines is 2. The Labute approximate surface area is 151 Å². The van der Waals surface area contributed by atoms with Crippen LogP contribution in [-0.4, -0.2) is 12.1 Å². The zero-order valence-corrected chi connectivity index (χ0v) is 14.5. The molecule has 25 heavy (non-hydrogen) atoms. The fourth-order valence-electron chi connectivity index (χ4n) is 2.23. The van der Waals surface area contributed by atoms with Crippen LogP contribution in [0.3, 0.4) is 0 Å². The number of hydrogen-bond donors (Lipinski definition) is 1. The summed E-state index contributed by atoms with van der Waals surface area (Å²) in [6, 6.07) is 13.1. The summed E-state index contributed by atoms with van der Waals surface area (Å²) in [7, 11) is 1.49. The molecule has 130 valence electrons. The van der Waals surface area contributed by atoms with Crippen molar-refractivity contribution in [1.29, 1.82) is 0 Å². The zero-order chi connectivity index (χ0) is 18.0. The van der Waals surface area contributed by atoms with Crippen molar-refractivity contribution in [3.8, 4) is 16.2 Å². The number of hydrogen-bond acceptors (Lipinski definition) is 4. The Morgan fingerprint density at radius 2 is 1.76 bits per heavy atom. The van der Waals surface area contributed by atoms with E-state index < -0.39 is 11.9 Å². The maximum Gasteiger partial charge on any atom is 0.434 e. The summed E-state index contributed by atoms with van der Waals surface area (Å²) in [5, 5.41) is 3.47. The molecule has 1 N–H and O–H groups in total. The number of nitrogens with zero attached hydrogens (tertiary/aromatic N) is 1. The van der Waals surface area contributed by atoms with E-state index in [1.807, 2.05) is 0 Å². The molecular weight excluding hydrogens is 373 g/mol. The highest BCUT2D eigenvalue weighted by Crippen LogP contribution is 2.43. The van der Waals surface area contributed by atoms with Crippen LogP contribution in [0.5, 0.6) is 5.75 Å². The molecule has 0 radical (unpaired) electrons. The van der Waals surface area contributed by atoms with Crippen LogP contribution in [0, 0.1) is 0 Å². The lowest BCUT2D eigenvalue weighted by molar-refractivity contribution is -0.140. The minimum atomic E-state index is -4.56. The molecule has 3 aromatic rings. The van der Waals surface area contributed by atoms with Crippen molar-refractivity contribution in [3.05, 3.63) is 59.2 Å². The van der Waals surface area contributed by atoms with Crippen LogP contribution in [0.15, 0.2) is 48.5 Å². The van der Waals surface area contributed by atoms with Gasteiger partial charge in [0.05, 0.1) is 17.7 Å². The van der Waals surface area contributed by atoms with Gasteiger partial charge in [-0.2, -0.15) is 13.2 Å². The third-order valence-electron chi connectivity index (χ3n) is 3.35. The molecular formula is C17H12ClF3N2OS. The van der Waals surface area contributed by atoms with Crippen LogP contribution >= 0.6 is 22.9 Å². The monoisotopic (exact) mass is 384 g/mol. The maximum absolute atomic E-state index is 13.4. The Morgan fingerprint density at radius 3 is 2.40 bits per heavy atom. The topological polar surface area (TPSA) is 34.1 Å². The summed E-state index contributed by atoms with van der Waals surface area (Å²) in [5.74, 6) is 0.513. The molecule has 0 atom stereocenters. The van der Waals surface area contributed by atoms with Gasteiger partial charge < -0.3 is 10.1 Å². The van der Waals surface area contributed by atoms with Crippen LogP contribution in [0.2, 0.25) is 5.02 Å². The first-order valence-corrected chi connectivity index (χ1v) is 8.32. The molecule has 0 saturated heterocycles. The molecule has 0 aliphatic rings.